The van der Waals surface area contributed by atoms with Crippen molar-refractivity contribution in [3.05, 3.63) is 59.7 Å². The Hall–Kier alpha value is -2.22. The lowest BCUT2D eigenvalue weighted by atomic mass is 10.0. The lowest BCUT2D eigenvalue weighted by Gasteiger charge is -2.26. The molecule has 0 spiro atoms. The summed E-state index contributed by atoms with van der Waals surface area (Å²) in [5.74, 6) is 4.76. The van der Waals surface area contributed by atoms with Gasteiger partial charge in [-0.05, 0) is 47.7 Å². The van der Waals surface area contributed by atoms with Gasteiger partial charge >= 0.3 is 0 Å². The van der Waals surface area contributed by atoms with Gasteiger partial charge in [-0.25, -0.2) is 8.78 Å². The largest absolute Gasteiger partial charge is 0.342 e. The molecule has 0 bridgehead atoms. The zero-order valence-corrected chi connectivity index (χ0v) is 14.1. The van der Waals surface area contributed by atoms with Crippen LogP contribution in [0.2, 0.25) is 0 Å². The Morgan fingerprint density at radius 1 is 0.960 bits per heavy atom. The Kier molecular flexibility index (Phi) is 5.80. The maximum atomic E-state index is 13.3. The van der Waals surface area contributed by atoms with Crippen LogP contribution >= 0.6 is 0 Å². The molecule has 2 aromatic rings. The highest BCUT2D eigenvalue weighted by molar-refractivity contribution is 5.64. The third-order valence-electron chi connectivity index (χ3n) is 4.14. The number of hydrogen-bond donors (Lipinski definition) is 0. The number of ether oxygens (including phenoxy) is 2. The fraction of sp³-hybridized carbons (Fsp3) is 0.333. The van der Waals surface area contributed by atoms with Gasteiger partial charge in [0.1, 0.15) is 0 Å². The molecule has 0 N–H and O–H groups in total. The minimum absolute atomic E-state index is 0.457. The molecule has 4 heteroatoms. The standard InChI is InChI=1S/C21H20F2O2/c1-2-3-16-13-24-21(25-14-16)11-6-15-4-7-17(8-5-15)18-9-10-19(22)20(23)12-18/h4-5,7-10,12,16,21H,2-3,13-14H2,1H3/t16-,21-. The van der Waals surface area contributed by atoms with Gasteiger partial charge in [-0.3, -0.25) is 0 Å². The van der Waals surface area contributed by atoms with Crippen molar-refractivity contribution in [3.63, 3.8) is 0 Å². The van der Waals surface area contributed by atoms with Gasteiger partial charge in [-0.15, -0.1) is 0 Å². The smallest absolute Gasteiger partial charge is 0.222 e. The van der Waals surface area contributed by atoms with E-state index in [9.17, 15) is 8.78 Å². The predicted octanol–water partition coefficient (Wildman–Crippen LogP) is 4.77. The van der Waals surface area contributed by atoms with E-state index in [0.29, 0.717) is 24.7 Å². The molecule has 1 fully saturated rings. The Morgan fingerprint density at radius 3 is 2.28 bits per heavy atom. The SMILES string of the molecule is CCC[C@H]1CO[C@H](C#Cc2ccc(-c3ccc(F)c(F)c3)cc2)OC1. The van der Waals surface area contributed by atoms with Crippen molar-refractivity contribution in [2.75, 3.05) is 13.2 Å². The van der Waals surface area contributed by atoms with E-state index in [-0.39, 0.29) is 0 Å². The normalized spacial score (nSPS) is 20.0. The molecule has 3 rings (SSSR count). The first-order chi connectivity index (χ1) is 12.2. The van der Waals surface area contributed by atoms with E-state index in [2.05, 4.69) is 18.8 Å². The molecule has 1 aliphatic rings. The lowest BCUT2D eigenvalue weighted by molar-refractivity contribution is -0.170. The molecule has 2 aromatic carbocycles. The molecule has 2 nitrogen and oxygen atoms in total. The minimum atomic E-state index is -0.852. The van der Waals surface area contributed by atoms with E-state index >= 15 is 0 Å². The van der Waals surface area contributed by atoms with Gasteiger partial charge in [-0.1, -0.05) is 37.5 Å². The Bertz CT molecular complexity index is 767. The molecule has 130 valence electrons. The topological polar surface area (TPSA) is 18.5 Å². The summed E-state index contributed by atoms with van der Waals surface area (Å²) < 4.78 is 37.5. The third-order valence-corrected chi connectivity index (χ3v) is 4.14. The van der Waals surface area contributed by atoms with Gasteiger partial charge in [-0.2, -0.15) is 0 Å². The molecule has 0 amide bonds. The van der Waals surface area contributed by atoms with Gasteiger partial charge in [0.2, 0.25) is 6.29 Å². The van der Waals surface area contributed by atoms with Crippen LogP contribution in [-0.4, -0.2) is 19.5 Å². The quantitative estimate of drug-likeness (QED) is 0.748. The van der Waals surface area contributed by atoms with E-state index < -0.39 is 17.9 Å². The Labute approximate surface area is 146 Å². The fourth-order valence-corrected chi connectivity index (χ4v) is 2.77. The van der Waals surface area contributed by atoms with Gasteiger partial charge < -0.3 is 9.47 Å². The van der Waals surface area contributed by atoms with E-state index in [1.54, 1.807) is 6.07 Å². The zero-order chi connectivity index (χ0) is 17.6. The highest BCUT2D eigenvalue weighted by Crippen LogP contribution is 2.22. The van der Waals surface area contributed by atoms with Crippen LogP contribution in [0.4, 0.5) is 8.78 Å². The van der Waals surface area contributed by atoms with Crippen LogP contribution in [0.15, 0.2) is 42.5 Å². The van der Waals surface area contributed by atoms with Crippen molar-refractivity contribution in [2.45, 2.75) is 26.1 Å². The van der Waals surface area contributed by atoms with Crippen molar-refractivity contribution >= 4 is 0 Å². The van der Waals surface area contributed by atoms with Gasteiger partial charge in [0.15, 0.2) is 11.6 Å². The van der Waals surface area contributed by atoms with Crippen LogP contribution in [-0.2, 0) is 9.47 Å². The number of halogens is 2. The van der Waals surface area contributed by atoms with Crippen molar-refractivity contribution < 1.29 is 18.3 Å². The van der Waals surface area contributed by atoms with Gasteiger partial charge in [0.05, 0.1) is 13.2 Å². The van der Waals surface area contributed by atoms with E-state index in [0.717, 1.165) is 30.0 Å². The maximum Gasteiger partial charge on any atom is 0.222 e. The molecule has 25 heavy (non-hydrogen) atoms. The molecule has 1 aliphatic heterocycles. The second-order valence-corrected chi connectivity index (χ2v) is 6.13. The second-order valence-electron chi connectivity index (χ2n) is 6.13. The highest BCUT2D eigenvalue weighted by Gasteiger charge is 2.19. The molecular formula is C21H20F2O2. The Morgan fingerprint density at radius 2 is 1.64 bits per heavy atom. The van der Waals surface area contributed by atoms with Crippen LogP contribution in [0.25, 0.3) is 11.1 Å². The third kappa shape index (κ3) is 4.66. The molecule has 0 atom stereocenters. The summed E-state index contributed by atoms with van der Waals surface area (Å²) in [6.45, 7) is 3.51. The lowest BCUT2D eigenvalue weighted by Crippen LogP contribution is -2.31. The average Bonchev–Trinajstić information content (AvgIpc) is 2.64. The van der Waals surface area contributed by atoms with Gasteiger partial charge in [0, 0.05) is 11.5 Å². The zero-order valence-electron chi connectivity index (χ0n) is 14.1. The van der Waals surface area contributed by atoms with Crippen LogP contribution in [0.1, 0.15) is 25.3 Å². The van der Waals surface area contributed by atoms with Crippen LogP contribution in [0, 0.1) is 29.4 Å². The maximum absolute atomic E-state index is 13.3. The highest BCUT2D eigenvalue weighted by atomic mass is 19.2. The van der Waals surface area contributed by atoms with Crippen LogP contribution in [0.3, 0.4) is 0 Å². The number of rotatable bonds is 3. The average molecular weight is 342 g/mol. The van der Waals surface area contributed by atoms with E-state index in [4.69, 9.17) is 9.47 Å². The molecular weight excluding hydrogens is 322 g/mol. The summed E-state index contributed by atoms with van der Waals surface area (Å²) in [6, 6.07) is 11.2. The minimum Gasteiger partial charge on any atom is -0.342 e. The summed E-state index contributed by atoms with van der Waals surface area (Å²) >= 11 is 0. The van der Waals surface area contributed by atoms with Crippen molar-refractivity contribution in [3.8, 4) is 23.0 Å². The summed E-state index contributed by atoms with van der Waals surface area (Å²) in [4.78, 5) is 0. The Balaban J connectivity index is 1.63. The molecule has 1 heterocycles. The predicted molar refractivity (Wildman–Crippen MR) is 92.8 cm³/mol. The fourth-order valence-electron chi connectivity index (χ4n) is 2.77. The molecule has 0 unspecified atom stereocenters. The number of benzene rings is 2. The molecule has 0 radical (unpaired) electrons. The summed E-state index contributed by atoms with van der Waals surface area (Å²) in [5.41, 5.74) is 2.24. The summed E-state index contributed by atoms with van der Waals surface area (Å²) in [6.07, 6.45) is 1.74. The molecule has 1 saturated heterocycles. The monoisotopic (exact) mass is 342 g/mol. The van der Waals surface area contributed by atoms with E-state index in [1.807, 2.05) is 24.3 Å². The van der Waals surface area contributed by atoms with Crippen LogP contribution < -0.4 is 0 Å². The van der Waals surface area contributed by atoms with Crippen LogP contribution in [0.5, 0.6) is 0 Å². The first kappa shape index (κ1) is 17.6. The van der Waals surface area contributed by atoms with Crippen molar-refractivity contribution in [2.24, 2.45) is 5.92 Å². The van der Waals surface area contributed by atoms with E-state index in [1.165, 1.54) is 6.07 Å². The molecule has 0 aliphatic carbocycles. The molecule has 0 saturated carbocycles. The van der Waals surface area contributed by atoms with Crippen molar-refractivity contribution in [1.82, 2.24) is 0 Å². The molecule has 0 aromatic heterocycles. The first-order valence-corrected chi connectivity index (χ1v) is 8.46. The summed E-state index contributed by atoms with van der Waals surface area (Å²) in [5, 5.41) is 0. The second kappa shape index (κ2) is 8.24. The first-order valence-electron chi connectivity index (χ1n) is 8.46. The summed E-state index contributed by atoms with van der Waals surface area (Å²) in [7, 11) is 0. The number of hydrogen-bond acceptors (Lipinski definition) is 2. The van der Waals surface area contributed by atoms with Gasteiger partial charge in [0.25, 0.3) is 0 Å². The van der Waals surface area contributed by atoms with Crippen molar-refractivity contribution in [1.29, 1.82) is 0 Å².